The van der Waals surface area contributed by atoms with Crippen molar-refractivity contribution in [2.45, 2.75) is 51.7 Å². The second kappa shape index (κ2) is 4.49. The van der Waals surface area contributed by atoms with Crippen molar-refractivity contribution >= 4 is 11.3 Å². The Labute approximate surface area is 94.7 Å². The smallest absolute Gasteiger partial charge is 0.273 e. The van der Waals surface area contributed by atoms with E-state index in [-0.39, 0.29) is 0 Å². The molecule has 15 heavy (non-hydrogen) atoms. The lowest BCUT2D eigenvalue weighted by atomic mass is 9.94. The minimum atomic E-state index is 0.328. The molecule has 0 amide bonds. The van der Waals surface area contributed by atoms with Gasteiger partial charge in [-0.2, -0.15) is 0 Å². The van der Waals surface area contributed by atoms with Gasteiger partial charge in [0.25, 0.3) is 5.19 Å². The van der Waals surface area contributed by atoms with Crippen LogP contribution in [0, 0.1) is 13.8 Å². The molecule has 1 aromatic heterocycles. The van der Waals surface area contributed by atoms with Crippen LogP contribution >= 0.6 is 11.3 Å². The van der Waals surface area contributed by atoms with E-state index >= 15 is 0 Å². The maximum atomic E-state index is 5.86. The standard InChI is InChI=1S/C11H18N2OS/c1-7-8(2)15-11(13-7)14-10-5-3-9(12)4-6-10/h9-10H,3-6,12H2,1-2H3. The van der Waals surface area contributed by atoms with Gasteiger partial charge in [-0.05, 0) is 39.5 Å². The normalized spacial score (nSPS) is 26.6. The quantitative estimate of drug-likeness (QED) is 0.842. The minimum Gasteiger partial charge on any atom is -0.467 e. The van der Waals surface area contributed by atoms with E-state index < -0.39 is 0 Å². The van der Waals surface area contributed by atoms with Crippen LogP contribution in [0.3, 0.4) is 0 Å². The van der Waals surface area contributed by atoms with Crippen LogP contribution in [0.15, 0.2) is 0 Å². The summed E-state index contributed by atoms with van der Waals surface area (Å²) in [4.78, 5) is 5.64. The molecule has 1 aliphatic rings. The van der Waals surface area contributed by atoms with E-state index in [9.17, 15) is 0 Å². The molecule has 2 rings (SSSR count). The van der Waals surface area contributed by atoms with Crippen molar-refractivity contribution < 1.29 is 4.74 Å². The zero-order valence-corrected chi connectivity index (χ0v) is 10.1. The third kappa shape index (κ3) is 2.69. The van der Waals surface area contributed by atoms with Gasteiger partial charge in [-0.25, -0.2) is 4.98 Å². The van der Waals surface area contributed by atoms with Crippen molar-refractivity contribution in [3.05, 3.63) is 10.6 Å². The molecule has 1 heterocycles. The summed E-state index contributed by atoms with van der Waals surface area (Å²) in [6.45, 7) is 4.10. The first kappa shape index (κ1) is 10.9. The number of aromatic nitrogens is 1. The molecule has 1 fully saturated rings. The van der Waals surface area contributed by atoms with E-state index in [1.807, 2.05) is 6.92 Å². The van der Waals surface area contributed by atoms with Crippen molar-refractivity contribution in [1.82, 2.24) is 4.98 Å². The molecule has 0 aromatic carbocycles. The SMILES string of the molecule is Cc1nc(OC2CCC(N)CC2)sc1C. The number of hydrogen-bond donors (Lipinski definition) is 1. The van der Waals surface area contributed by atoms with Crippen LogP contribution in [0.4, 0.5) is 0 Å². The molecular formula is C11H18N2OS. The number of thiazole rings is 1. The van der Waals surface area contributed by atoms with Gasteiger partial charge in [0.15, 0.2) is 0 Å². The maximum Gasteiger partial charge on any atom is 0.273 e. The van der Waals surface area contributed by atoms with Crippen molar-refractivity contribution in [1.29, 1.82) is 0 Å². The van der Waals surface area contributed by atoms with Gasteiger partial charge in [0.2, 0.25) is 0 Å². The number of nitrogens with zero attached hydrogens (tertiary/aromatic N) is 1. The van der Waals surface area contributed by atoms with Gasteiger partial charge >= 0.3 is 0 Å². The van der Waals surface area contributed by atoms with E-state index in [2.05, 4.69) is 11.9 Å². The fourth-order valence-corrected chi connectivity index (χ4v) is 2.66. The Morgan fingerprint density at radius 3 is 2.47 bits per heavy atom. The zero-order chi connectivity index (χ0) is 10.8. The van der Waals surface area contributed by atoms with Crippen molar-refractivity contribution in [3.8, 4) is 5.19 Å². The number of ether oxygens (including phenoxy) is 1. The van der Waals surface area contributed by atoms with Crippen molar-refractivity contribution in [3.63, 3.8) is 0 Å². The highest BCUT2D eigenvalue weighted by Gasteiger charge is 2.20. The highest BCUT2D eigenvalue weighted by molar-refractivity contribution is 7.13. The molecular weight excluding hydrogens is 208 g/mol. The average molecular weight is 226 g/mol. The Bertz CT molecular complexity index is 310. The summed E-state index contributed by atoms with van der Waals surface area (Å²) in [5, 5.41) is 0.825. The van der Waals surface area contributed by atoms with Gasteiger partial charge < -0.3 is 10.5 Å². The summed E-state index contributed by atoms with van der Waals surface area (Å²) in [5.41, 5.74) is 6.94. The number of aryl methyl sites for hydroxylation is 2. The number of nitrogens with two attached hydrogens (primary N) is 1. The number of hydrogen-bond acceptors (Lipinski definition) is 4. The fraction of sp³-hybridized carbons (Fsp3) is 0.727. The predicted octanol–water partition coefficient (Wildman–Crippen LogP) is 2.41. The first-order valence-electron chi connectivity index (χ1n) is 5.51. The predicted molar refractivity (Wildman–Crippen MR) is 62.4 cm³/mol. The van der Waals surface area contributed by atoms with Gasteiger partial charge in [-0.3, -0.25) is 0 Å². The van der Waals surface area contributed by atoms with Crippen LogP contribution in [-0.2, 0) is 0 Å². The van der Waals surface area contributed by atoms with Gasteiger partial charge in [0.1, 0.15) is 6.10 Å². The molecule has 4 heteroatoms. The summed E-state index contributed by atoms with van der Waals surface area (Å²) in [5.74, 6) is 0. The molecule has 0 aliphatic heterocycles. The third-order valence-corrected chi connectivity index (χ3v) is 3.96. The van der Waals surface area contributed by atoms with Gasteiger partial charge in [-0.1, -0.05) is 11.3 Å². The third-order valence-electron chi connectivity index (χ3n) is 3.00. The summed E-state index contributed by atoms with van der Waals surface area (Å²) in [6, 6.07) is 0.379. The average Bonchev–Trinajstić information content (AvgIpc) is 2.50. The molecule has 0 spiro atoms. The van der Waals surface area contributed by atoms with Crippen molar-refractivity contribution in [2.24, 2.45) is 5.73 Å². The topological polar surface area (TPSA) is 48.1 Å². The minimum absolute atomic E-state index is 0.328. The Balaban J connectivity index is 1.91. The molecule has 0 atom stereocenters. The van der Waals surface area contributed by atoms with Crippen LogP contribution < -0.4 is 10.5 Å². The van der Waals surface area contributed by atoms with Crippen LogP contribution in [-0.4, -0.2) is 17.1 Å². The lowest BCUT2D eigenvalue weighted by Gasteiger charge is -2.25. The lowest BCUT2D eigenvalue weighted by Crippen LogP contribution is -2.31. The first-order chi connectivity index (χ1) is 7.15. The molecule has 0 unspecified atom stereocenters. The fourth-order valence-electron chi connectivity index (χ4n) is 1.84. The highest BCUT2D eigenvalue weighted by Crippen LogP contribution is 2.28. The summed E-state index contributed by atoms with van der Waals surface area (Å²) >= 11 is 1.64. The Kier molecular flexibility index (Phi) is 3.26. The monoisotopic (exact) mass is 226 g/mol. The molecule has 1 saturated carbocycles. The highest BCUT2D eigenvalue weighted by atomic mass is 32.1. The van der Waals surface area contributed by atoms with E-state index in [4.69, 9.17) is 10.5 Å². The Morgan fingerprint density at radius 1 is 1.27 bits per heavy atom. The zero-order valence-electron chi connectivity index (χ0n) is 9.32. The second-order valence-electron chi connectivity index (χ2n) is 4.28. The van der Waals surface area contributed by atoms with Gasteiger partial charge in [0.05, 0.1) is 5.69 Å². The van der Waals surface area contributed by atoms with E-state index in [0.29, 0.717) is 12.1 Å². The lowest BCUT2D eigenvalue weighted by molar-refractivity contribution is 0.146. The van der Waals surface area contributed by atoms with E-state index in [1.165, 1.54) is 4.88 Å². The molecule has 84 valence electrons. The first-order valence-corrected chi connectivity index (χ1v) is 6.33. The second-order valence-corrected chi connectivity index (χ2v) is 5.44. The van der Waals surface area contributed by atoms with Gasteiger partial charge in [0, 0.05) is 10.9 Å². The summed E-state index contributed by atoms with van der Waals surface area (Å²) in [6.07, 6.45) is 4.62. The largest absolute Gasteiger partial charge is 0.467 e. The molecule has 2 N–H and O–H groups in total. The van der Waals surface area contributed by atoms with E-state index in [1.54, 1.807) is 11.3 Å². The van der Waals surface area contributed by atoms with E-state index in [0.717, 1.165) is 36.6 Å². The Morgan fingerprint density at radius 2 is 1.93 bits per heavy atom. The van der Waals surface area contributed by atoms with Crippen LogP contribution in [0.5, 0.6) is 5.19 Å². The maximum absolute atomic E-state index is 5.86. The molecule has 0 radical (unpaired) electrons. The van der Waals surface area contributed by atoms with Crippen molar-refractivity contribution in [2.75, 3.05) is 0 Å². The van der Waals surface area contributed by atoms with Crippen LogP contribution in [0.25, 0.3) is 0 Å². The summed E-state index contributed by atoms with van der Waals surface area (Å²) in [7, 11) is 0. The summed E-state index contributed by atoms with van der Waals surface area (Å²) < 4.78 is 5.86. The Hall–Kier alpha value is -0.610. The van der Waals surface area contributed by atoms with Crippen LogP contribution in [0.1, 0.15) is 36.3 Å². The molecule has 3 nitrogen and oxygen atoms in total. The van der Waals surface area contributed by atoms with Gasteiger partial charge in [-0.15, -0.1) is 0 Å². The number of rotatable bonds is 2. The molecule has 0 bridgehead atoms. The molecule has 0 saturated heterocycles. The molecule has 1 aliphatic carbocycles. The van der Waals surface area contributed by atoms with Crippen LogP contribution in [0.2, 0.25) is 0 Å². The molecule has 1 aromatic rings.